The molecule has 0 aromatic carbocycles. The van der Waals surface area contributed by atoms with Crippen LogP contribution in [0.25, 0.3) is 11.0 Å². The number of aromatic nitrogens is 3. The van der Waals surface area contributed by atoms with E-state index in [0.29, 0.717) is 17.9 Å². The summed E-state index contributed by atoms with van der Waals surface area (Å²) in [5.74, 6) is 3.03. The third-order valence-corrected chi connectivity index (χ3v) is 4.68. The standard InChI is InChI=1S/C14H15BrN4O2/c1-3-14(6-20)8(2)4-10(21-14)19-5-9(15)11-12(16)17-7-18-13(11)19/h1,5,7-8,10,20H,4,6H2,2H3,(H2,16,17,18)/t8-,10+,14+/m0/s1. The van der Waals surface area contributed by atoms with E-state index in [1.165, 1.54) is 6.33 Å². The molecule has 0 amide bonds. The highest BCUT2D eigenvalue weighted by molar-refractivity contribution is 9.10. The van der Waals surface area contributed by atoms with Crippen LogP contribution < -0.4 is 5.73 Å². The van der Waals surface area contributed by atoms with Gasteiger partial charge >= 0.3 is 0 Å². The summed E-state index contributed by atoms with van der Waals surface area (Å²) in [6, 6.07) is 0. The van der Waals surface area contributed by atoms with Crippen molar-refractivity contribution in [2.45, 2.75) is 25.2 Å². The molecular formula is C14H15BrN4O2. The van der Waals surface area contributed by atoms with Crippen molar-refractivity contribution in [1.29, 1.82) is 0 Å². The van der Waals surface area contributed by atoms with Crippen molar-refractivity contribution in [2.24, 2.45) is 5.92 Å². The molecule has 1 fully saturated rings. The van der Waals surface area contributed by atoms with Gasteiger partial charge in [0.05, 0.1) is 12.0 Å². The number of nitrogens with zero attached hydrogens (tertiary/aromatic N) is 3. The number of fused-ring (bicyclic) bond motifs is 1. The lowest BCUT2D eigenvalue weighted by atomic mass is 9.90. The fourth-order valence-corrected chi connectivity index (χ4v) is 3.37. The minimum absolute atomic E-state index is 0.0351. The molecule has 0 bridgehead atoms. The number of rotatable bonds is 2. The number of halogens is 1. The maximum Gasteiger partial charge on any atom is 0.156 e. The van der Waals surface area contributed by atoms with Crippen LogP contribution in [0.15, 0.2) is 17.0 Å². The van der Waals surface area contributed by atoms with E-state index >= 15 is 0 Å². The maximum absolute atomic E-state index is 9.58. The molecule has 0 saturated carbocycles. The summed E-state index contributed by atoms with van der Waals surface area (Å²) < 4.78 is 8.64. The van der Waals surface area contributed by atoms with Gasteiger partial charge in [-0.25, -0.2) is 9.97 Å². The summed E-state index contributed by atoms with van der Waals surface area (Å²) in [4.78, 5) is 8.27. The zero-order valence-corrected chi connectivity index (χ0v) is 13.0. The van der Waals surface area contributed by atoms with Crippen LogP contribution in [0.3, 0.4) is 0 Å². The Balaban J connectivity index is 2.08. The van der Waals surface area contributed by atoms with Crippen molar-refractivity contribution in [3.63, 3.8) is 0 Å². The Morgan fingerprint density at radius 1 is 1.67 bits per heavy atom. The lowest BCUT2D eigenvalue weighted by molar-refractivity contribution is -0.0715. The first-order valence-electron chi connectivity index (χ1n) is 6.55. The molecule has 1 aliphatic rings. The van der Waals surface area contributed by atoms with E-state index < -0.39 is 5.60 Å². The number of terminal acetylenes is 1. The molecule has 0 spiro atoms. The van der Waals surface area contributed by atoms with Crippen molar-refractivity contribution in [3.8, 4) is 12.3 Å². The topological polar surface area (TPSA) is 86.2 Å². The van der Waals surface area contributed by atoms with Crippen LogP contribution in [-0.4, -0.2) is 31.8 Å². The SMILES string of the molecule is C#C[C@]1(CO)O[C@@H](n2cc(Br)c3c(N)ncnc32)C[C@@H]1C. The summed E-state index contributed by atoms with van der Waals surface area (Å²) in [5.41, 5.74) is 5.62. The molecule has 110 valence electrons. The van der Waals surface area contributed by atoms with Crippen LogP contribution in [0.2, 0.25) is 0 Å². The molecule has 2 aromatic heterocycles. The molecule has 0 unspecified atom stereocenters. The van der Waals surface area contributed by atoms with Crippen LogP contribution in [0, 0.1) is 18.3 Å². The zero-order chi connectivity index (χ0) is 15.2. The first-order valence-corrected chi connectivity index (χ1v) is 7.34. The van der Waals surface area contributed by atoms with Gasteiger partial charge in [0.25, 0.3) is 0 Å². The van der Waals surface area contributed by atoms with Crippen LogP contribution in [0.5, 0.6) is 0 Å². The molecule has 1 saturated heterocycles. The third kappa shape index (κ3) is 2.02. The third-order valence-electron chi connectivity index (χ3n) is 4.08. The second-order valence-corrected chi connectivity index (χ2v) is 6.10. The highest BCUT2D eigenvalue weighted by Gasteiger charge is 2.45. The van der Waals surface area contributed by atoms with Crippen LogP contribution in [0.4, 0.5) is 5.82 Å². The van der Waals surface area contributed by atoms with Gasteiger partial charge in [-0.1, -0.05) is 12.8 Å². The highest BCUT2D eigenvalue weighted by atomic mass is 79.9. The quantitative estimate of drug-likeness (QED) is 0.805. The average Bonchev–Trinajstić information content (AvgIpc) is 2.98. The van der Waals surface area contributed by atoms with E-state index in [0.717, 1.165) is 9.86 Å². The Morgan fingerprint density at radius 2 is 2.43 bits per heavy atom. The molecule has 21 heavy (non-hydrogen) atoms. The van der Waals surface area contributed by atoms with Crippen LogP contribution >= 0.6 is 15.9 Å². The smallest absolute Gasteiger partial charge is 0.156 e. The van der Waals surface area contributed by atoms with Crippen molar-refractivity contribution < 1.29 is 9.84 Å². The lowest BCUT2D eigenvalue weighted by Crippen LogP contribution is -2.36. The van der Waals surface area contributed by atoms with E-state index in [2.05, 4.69) is 31.8 Å². The molecule has 2 aromatic rings. The lowest BCUT2D eigenvalue weighted by Gasteiger charge is -2.24. The Hall–Kier alpha value is -1.62. The zero-order valence-electron chi connectivity index (χ0n) is 11.5. The first-order chi connectivity index (χ1) is 10.0. The van der Waals surface area contributed by atoms with Gasteiger partial charge in [-0.15, -0.1) is 6.42 Å². The number of hydrogen-bond donors (Lipinski definition) is 2. The van der Waals surface area contributed by atoms with Gasteiger partial charge < -0.3 is 20.1 Å². The molecule has 3 N–H and O–H groups in total. The highest BCUT2D eigenvalue weighted by Crippen LogP contribution is 2.43. The second-order valence-electron chi connectivity index (χ2n) is 5.24. The number of anilines is 1. The van der Waals surface area contributed by atoms with E-state index in [-0.39, 0.29) is 18.8 Å². The summed E-state index contributed by atoms with van der Waals surface area (Å²) in [5, 5.41) is 10.3. The molecule has 3 rings (SSSR count). The predicted molar refractivity (Wildman–Crippen MR) is 82.2 cm³/mol. The number of ether oxygens (including phenoxy) is 1. The Morgan fingerprint density at radius 3 is 3.05 bits per heavy atom. The predicted octanol–water partition coefficient (Wildman–Crippen LogP) is 1.70. The number of hydrogen-bond acceptors (Lipinski definition) is 5. The molecule has 0 radical (unpaired) electrons. The molecular weight excluding hydrogens is 336 g/mol. The average molecular weight is 351 g/mol. The molecule has 3 atom stereocenters. The van der Waals surface area contributed by atoms with Crippen LogP contribution in [-0.2, 0) is 4.74 Å². The normalized spacial score (nSPS) is 28.9. The molecule has 0 aliphatic carbocycles. The molecule has 1 aliphatic heterocycles. The Bertz CT molecular complexity index is 738. The van der Waals surface area contributed by atoms with Gasteiger partial charge in [0.2, 0.25) is 0 Å². The molecule has 7 heteroatoms. The number of nitrogen functional groups attached to an aromatic ring is 1. The maximum atomic E-state index is 9.58. The monoisotopic (exact) mass is 350 g/mol. The van der Waals surface area contributed by atoms with Gasteiger partial charge in [0.1, 0.15) is 24.0 Å². The minimum Gasteiger partial charge on any atom is -0.392 e. The summed E-state index contributed by atoms with van der Waals surface area (Å²) in [7, 11) is 0. The van der Waals surface area contributed by atoms with Crippen molar-refractivity contribution in [1.82, 2.24) is 14.5 Å². The van der Waals surface area contributed by atoms with Gasteiger partial charge in [0.15, 0.2) is 5.60 Å². The first kappa shape index (κ1) is 14.3. The van der Waals surface area contributed by atoms with Gasteiger partial charge in [0, 0.05) is 16.6 Å². The fraction of sp³-hybridized carbons (Fsp3) is 0.429. The summed E-state index contributed by atoms with van der Waals surface area (Å²) >= 11 is 3.47. The van der Waals surface area contributed by atoms with Gasteiger partial charge in [-0.2, -0.15) is 0 Å². The Kier molecular flexibility index (Phi) is 3.40. The van der Waals surface area contributed by atoms with Gasteiger partial charge in [-0.3, -0.25) is 0 Å². The number of aliphatic hydroxyl groups excluding tert-OH is 1. The van der Waals surface area contributed by atoms with E-state index in [9.17, 15) is 5.11 Å². The molecule has 3 heterocycles. The summed E-state index contributed by atoms with van der Waals surface area (Å²) in [6.45, 7) is 1.76. The second kappa shape index (κ2) is 4.98. The van der Waals surface area contributed by atoms with E-state index in [1.807, 2.05) is 17.7 Å². The van der Waals surface area contributed by atoms with Crippen molar-refractivity contribution in [3.05, 3.63) is 17.0 Å². The largest absolute Gasteiger partial charge is 0.392 e. The Labute approximate surface area is 130 Å². The number of aliphatic hydroxyl groups is 1. The van der Waals surface area contributed by atoms with Crippen molar-refractivity contribution >= 4 is 32.8 Å². The summed E-state index contributed by atoms with van der Waals surface area (Å²) in [6.07, 6.45) is 9.21. The minimum atomic E-state index is -0.952. The van der Waals surface area contributed by atoms with Crippen molar-refractivity contribution in [2.75, 3.05) is 12.3 Å². The molecule has 6 nitrogen and oxygen atoms in total. The van der Waals surface area contributed by atoms with E-state index in [4.69, 9.17) is 16.9 Å². The van der Waals surface area contributed by atoms with E-state index in [1.54, 1.807) is 0 Å². The van der Waals surface area contributed by atoms with Gasteiger partial charge in [-0.05, 0) is 22.4 Å². The number of nitrogens with two attached hydrogens (primary N) is 1. The van der Waals surface area contributed by atoms with Crippen LogP contribution in [0.1, 0.15) is 19.6 Å². The fourth-order valence-electron chi connectivity index (χ4n) is 2.77.